The molecule has 1 N–H and O–H groups in total. The van der Waals surface area contributed by atoms with Crippen LogP contribution in [-0.4, -0.2) is 37.0 Å². The number of nitrogens with zero attached hydrogens (tertiary/aromatic N) is 1. The maximum absolute atomic E-state index is 11.8. The van der Waals surface area contributed by atoms with Crippen LogP contribution in [0.3, 0.4) is 0 Å². The molecule has 0 bridgehead atoms. The van der Waals surface area contributed by atoms with E-state index in [4.69, 9.17) is 9.47 Å². The highest BCUT2D eigenvalue weighted by Gasteiger charge is 2.28. The third kappa shape index (κ3) is 4.96. The number of fused-ring (bicyclic) bond motifs is 1. The van der Waals surface area contributed by atoms with E-state index in [-0.39, 0.29) is 17.9 Å². The summed E-state index contributed by atoms with van der Waals surface area (Å²) in [4.78, 5) is 24.9. The van der Waals surface area contributed by atoms with Gasteiger partial charge in [-0.25, -0.2) is 0 Å². The van der Waals surface area contributed by atoms with Crippen molar-refractivity contribution in [1.82, 2.24) is 10.2 Å². The van der Waals surface area contributed by atoms with Gasteiger partial charge in [0.15, 0.2) is 0 Å². The zero-order chi connectivity index (χ0) is 22.5. The van der Waals surface area contributed by atoms with Gasteiger partial charge in [-0.3, -0.25) is 14.5 Å². The van der Waals surface area contributed by atoms with E-state index in [1.807, 2.05) is 0 Å². The molecule has 2 amide bonds. The lowest BCUT2D eigenvalue weighted by atomic mass is 10.00. The predicted octanol–water partition coefficient (Wildman–Crippen LogP) is 3.95. The number of nitrogens with one attached hydrogen (secondary N) is 1. The van der Waals surface area contributed by atoms with E-state index in [2.05, 4.69) is 48.6 Å². The number of aryl methyl sites for hydroxylation is 1. The van der Waals surface area contributed by atoms with Crippen LogP contribution < -0.4 is 14.8 Å². The third-order valence-corrected chi connectivity index (χ3v) is 6.41. The molecule has 0 spiro atoms. The molecule has 1 fully saturated rings. The largest absolute Gasteiger partial charge is 0.496 e. The number of carbonyl (C=O) groups excluding carboxylic acids is 2. The summed E-state index contributed by atoms with van der Waals surface area (Å²) >= 11 is 0. The fourth-order valence-corrected chi connectivity index (χ4v) is 4.57. The van der Waals surface area contributed by atoms with Crippen LogP contribution in [0.2, 0.25) is 0 Å². The number of benzene rings is 2. The lowest BCUT2D eigenvalue weighted by molar-refractivity contribution is -0.138. The number of likely N-dealkylation sites (tertiary alicyclic amines) is 1. The molecule has 1 atom stereocenters. The first-order chi connectivity index (χ1) is 15.6. The first kappa shape index (κ1) is 22.3. The minimum atomic E-state index is -0.0511. The Kier molecular flexibility index (Phi) is 7.10. The normalized spacial score (nSPS) is 16.2. The number of ether oxygens (including phenoxy) is 2. The van der Waals surface area contributed by atoms with E-state index >= 15 is 0 Å². The molecule has 1 unspecified atom stereocenters. The number of rotatable bonds is 10. The molecule has 2 aromatic rings. The average molecular weight is 437 g/mol. The van der Waals surface area contributed by atoms with Crippen molar-refractivity contribution in [1.29, 1.82) is 0 Å². The van der Waals surface area contributed by atoms with Crippen molar-refractivity contribution in [3.05, 3.63) is 58.7 Å². The van der Waals surface area contributed by atoms with E-state index in [1.165, 1.54) is 21.6 Å². The molecule has 0 aromatic heterocycles. The first-order valence-electron chi connectivity index (χ1n) is 11.6. The molecule has 2 heterocycles. The lowest BCUT2D eigenvalue weighted by Crippen LogP contribution is -2.30. The summed E-state index contributed by atoms with van der Waals surface area (Å²) in [7, 11) is 1.69. The van der Waals surface area contributed by atoms with E-state index < -0.39 is 0 Å². The fourth-order valence-electron chi connectivity index (χ4n) is 4.57. The molecule has 1 saturated heterocycles. The number of hydrogen-bond donors (Lipinski definition) is 1. The van der Waals surface area contributed by atoms with Crippen molar-refractivity contribution < 1.29 is 19.1 Å². The van der Waals surface area contributed by atoms with E-state index in [0.717, 1.165) is 55.9 Å². The molecular formula is C26H32N2O4. The summed E-state index contributed by atoms with van der Waals surface area (Å²) in [6.45, 7) is 4.20. The van der Waals surface area contributed by atoms with E-state index in [9.17, 15) is 9.59 Å². The Labute approximate surface area is 189 Å². The highest BCUT2D eigenvalue weighted by Crippen LogP contribution is 2.29. The van der Waals surface area contributed by atoms with E-state index in [0.29, 0.717) is 19.4 Å². The van der Waals surface area contributed by atoms with Gasteiger partial charge >= 0.3 is 0 Å². The van der Waals surface area contributed by atoms with Gasteiger partial charge in [0, 0.05) is 38.4 Å². The molecule has 6 heteroatoms. The Morgan fingerprint density at radius 3 is 2.66 bits per heavy atom. The fraction of sp³-hybridized carbons (Fsp3) is 0.462. The Hall–Kier alpha value is -2.86. The summed E-state index contributed by atoms with van der Waals surface area (Å²) in [6.07, 6.45) is 4.19. The number of carbonyl (C=O) groups is 2. The molecule has 2 aliphatic heterocycles. The molecule has 0 aliphatic carbocycles. The Morgan fingerprint density at radius 1 is 1.09 bits per heavy atom. The van der Waals surface area contributed by atoms with Crippen LogP contribution in [0.5, 0.6) is 11.5 Å². The van der Waals surface area contributed by atoms with Crippen LogP contribution in [0.4, 0.5) is 0 Å². The second-order valence-electron chi connectivity index (χ2n) is 8.50. The highest BCUT2D eigenvalue weighted by atomic mass is 16.5. The van der Waals surface area contributed by atoms with Crippen molar-refractivity contribution in [3.8, 4) is 11.5 Å². The van der Waals surface area contributed by atoms with Gasteiger partial charge in [-0.2, -0.15) is 0 Å². The van der Waals surface area contributed by atoms with Gasteiger partial charge < -0.3 is 14.8 Å². The quantitative estimate of drug-likeness (QED) is 0.571. The van der Waals surface area contributed by atoms with Gasteiger partial charge in [0.1, 0.15) is 11.5 Å². The van der Waals surface area contributed by atoms with E-state index in [1.54, 1.807) is 7.11 Å². The Morgan fingerprint density at radius 2 is 1.91 bits per heavy atom. The average Bonchev–Trinajstić information content (AvgIpc) is 3.41. The summed E-state index contributed by atoms with van der Waals surface area (Å²) in [6, 6.07) is 13.1. The minimum absolute atomic E-state index is 0.0511. The minimum Gasteiger partial charge on any atom is -0.496 e. The van der Waals surface area contributed by atoms with Crippen LogP contribution >= 0.6 is 0 Å². The maximum Gasteiger partial charge on any atom is 0.229 e. The Balaban J connectivity index is 1.34. The lowest BCUT2D eigenvalue weighted by Gasteiger charge is -2.19. The molecule has 0 radical (unpaired) electrons. The number of hydrogen-bond acceptors (Lipinski definition) is 5. The zero-order valence-electron chi connectivity index (χ0n) is 19.0. The van der Waals surface area contributed by atoms with Crippen LogP contribution in [0.1, 0.15) is 60.9 Å². The van der Waals surface area contributed by atoms with Crippen molar-refractivity contribution in [2.24, 2.45) is 0 Å². The second-order valence-corrected chi connectivity index (χ2v) is 8.50. The SMILES string of the molecule is CCC(NCc1ccc(CCCN2C(=O)CCC2=O)c(OC)c1)c1ccc2c(c1)CCO2. The molecule has 170 valence electrons. The monoisotopic (exact) mass is 436 g/mol. The maximum atomic E-state index is 11.8. The van der Waals surface area contributed by atoms with Gasteiger partial charge in [-0.1, -0.05) is 31.2 Å². The van der Waals surface area contributed by atoms with Crippen LogP contribution in [-0.2, 0) is 29.0 Å². The summed E-state index contributed by atoms with van der Waals surface area (Å²) in [5, 5.41) is 3.68. The van der Waals surface area contributed by atoms with Crippen molar-refractivity contribution in [3.63, 3.8) is 0 Å². The van der Waals surface area contributed by atoms with Crippen molar-refractivity contribution in [2.45, 2.75) is 58.0 Å². The van der Waals surface area contributed by atoms with Gasteiger partial charge in [-0.15, -0.1) is 0 Å². The van der Waals surface area contributed by atoms with Crippen LogP contribution in [0.25, 0.3) is 0 Å². The zero-order valence-corrected chi connectivity index (χ0v) is 19.0. The van der Waals surface area contributed by atoms with Crippen LogP contribution in [0, 0.1) is 0 Å². The second kappa shape index (κ2) is 10.2. The molecular weight excluding hydrogens is 404 g/mol. The predicted molar refractivity (Wildman–Crippen MR) is 123 cm³/mol. The summed E-state index contributed by atoms with van der Waals surface area (Å²) < 4.78 is 11.3. The molecule has 2 aromatic carbocycles. The first-order valence-corrected chi connectivity index (χ1v) is 11.6. The number of imide groups is 1. The smallest absolute Gasteiger partial charge is 0.229 e. The molecule has 32 heavy (non-hydrogen) atoms. The Bertz CT molecular complexity index is 972. The van der Waals surface area contributed by atoms with Crippen molar-refractivity contribution >= 4 is 11.8 Å². The van der Waals surface area contributed by atoms with Gasteiger partial charge in [-0.05, 0) is 53.6 Å². The third-order valence-electron chi connectivity index (χ3n) is 6.41. The molecule has 6 nitrogen and oxygen atoms in total. The van der Waals surface area contributed by atoms with Crippen molar-refractivity contribution in [2.75, 3.05) is 20.3 Å². The standard InChI is InChI=1S/C26H32N2O4/c1-3-22(20-8-9-23-21(16-20)12-14-32-23)27-17-18-6-7-19(24(15-18)31-2)5-4-13-28-25(29)10-11-26(28)30/h6-9,15-16,22,27H,3-5,10-14,17H2,1-2H3. The topological polar surface area (TPSA) is 67.9 Å². The summed E-state index contributed by atoms with van der Waals surface area (Å²) in [5.74, 6) is 1.77. The molecule has 0 saturated carbocycles. The number of amides is 2. The molecule has 4 rings (SSSR count). The van der Waals surface area contributed by atoms with Gasteiger partial charge in [0.2, 0.25) is 11.8 Å². The van der Waals surface area contributed by atoms with Gasteiger partial charge in [0.25, 0.3) is 0 Å². The highest BCUT2D eigenvalue weighted by molar-refractivity contribution is 6.01. The van der Waals surface area contributed by atoms with Crippen LogP contribution in [0.15, 0.2) is 36.4 Å². The number of methoxy groups -OCH3 is 1. The van der Waals surface area contributed by atoms with Gasteiger partial charge in [0.05, 0.1) is 13.7 Å². The molecule has 2 aliphatic rings. The summed E-state index contributed by atoms with van der Waals surface area (Å²) in [5.41, 5.74) is 4.86.